The summed E-state index contributed by atoms with van der Waals surface area (Å²) in [7, 11) is 0. The zero-order chi connectivity index (χ0) is 12.3. The molecule has 17 heavy (non-hydrogen) atoms. The highest BCUT2D eigenvalue weighted by atomic mass is 35.5. The standard InChI is InChI=1S/C13H18ClN3/c1-9(2)15-7-3-4-13-16-11-6-5-10(14)8-12(11)17-13/h5-6,8-9,15H,3-4,7H2,1-2H3,(H,16,17). The molecule has 1 aromatic carbocycles. The van der Waals surface area contributed by atoms with Crippen molar-refractivity contribution < 1.29 is 0 Å². The van der Waals surface area contributed by atoms with Crippen LogP contribution in [0.1, 0.15) is 26.1 Å². The molecule has 0 bridgehead atoms. The van der Waals surface area contributed by atoms with Crippen LogP contribution in [0.3, 0.4) is 0 Å². The normalized spacial score (nSPS) is 11.5. The Labute approximate surface area is 107 Å². The number of hydrogen-bond donors (Lipinski definition) is 2. The zero-order valence-corrected chi connectivity index (χ0v) is 11.0. The second-order valence-electron chi connectivity index (χ2n) is 4.56. The van der Waals surface area contributed by atoms with E-state index in [1.54, 1.807) is 0 Å². The maximum atomic E-state index is 5.93. The second kappa shape index (κ2) is 5.52. The van der Waals surface area contributed by atoms with Crippen LogP contribution in [0.4, 0.5) is 0 Å². The van der Waals surface area contributed by atoms with Crippen LogP contribution in [0.15, 0.2) is 18.2 Å². The van der Waals surface area contributed by atoms with Crippen molar-refractivity contribution >= 4 is 22.6 Å². The van der Waals surface area contributed by atoms with Gasteiger partial charge >= 0.3 is 0 Å². The smallest absolute Gasteiger partial charge is 0.107 e. The molecule has 0 atom stereocenters. The van der Waals surface area contributed by atoms with Gasteiger partial charge in [-0.3, -0.25) is 0 Å². The van der Waals surface area contributed by atoms with Crippen molar-refractivity contribution in [3.05, 3.63) is 29.0 Å². The Balaban J connectivity index is 1.95. The van der Waals surface area contributed by atoms with Gasteiger partial charge < -0.3 is 10.3 Å². The van der Waals surface area contributed by atoms with E-state index in [-0.39, 0.29) is 0 Å². The Morgan fingerprint density at radius 1 is 1.41 bits per heavy atom. The molecule has 0 fully saturated rings. The van der Waals surface area contributed by atoms with E-state index in [4.69, 9.17) is 11.6 Å². The number of halogens is 1. The number of nitrogens with one attached hydrogen (secondary N) is 2. The molecule has 4 heteroatoms. The van der Waals surface area contributed by atoms with E-state index in [0.29, 0.717) is 6.04 Å². The van der Waals surface area contributed by atoms with Gasteiger partial charge in [-0.1, -0.05) is 25.4 Å². The number of H-pyrrole nitrogens is 1. The first-order chi connectivity index (χ1) is 8.15. The van der Waals surface area contributed by atoms with Crippen LogP contribution in [0, 0.1) is 0 Å². The molecule has 0 aliphatic heterocycles. The molecule has 2 N–H and O–H groups in total. The summed E-state index contributed by atoms with van der Waals surface area (Å²) in [5.74, 6) is 1.04. The molecule has 0 saturated carbocycles. The molecule has 1 heterocycles. The second-order valence-corrected chi connectivity index (χ2v) is 4.99. The lowest BCUT2D eigenvalue weighted by Crippen LogP contribution is -2.24. The minimum absolute atomic E-state index is 0.546. The quantitative estimate of drug-likeness (QED) is 0.802. The van der Waals surface area contributed by atoms with Crippen molar-refractivity contribution in [2.45, 2.75) is 32.7 Å². The maximum Gasteiger partial charge on any atom is 0.107 e. The van der Waals surface area contributed by atoms with Gasteiger partial charge in [-0.25, -0.2) is 4.98 Å². The third-order valence-electron chi connectivity index (χ3n) is 2.64. The first kappa shape index (κ1) is 12.4. The van der Waals surface area contributed by atoms with E-state index in [0.717, 1.165) is 41.3 Å². The van der Waals surface area contributed by atoms with Crippen LogP contribution >= 0.6 is 11.6 Å². The van der Waals surface area contributed by atoms with Crippen molar-refractivity contribution in [2.24, 2.45) is 0 Å². The highest BCUT2D eigenvalue weighted by molar-refractivity contribution is 6.31. The number of imidazole rings is 1. The third kappa shape index (κ3) is 3.45. The highest BCUT2D eigenvalue weighted by Crippen LogP contribution is 2.17. The molecule has 0 amide bonds. The average molecular weight is 252 g/mol. The lowest BCUT2D eigenvalue weighted by molar-refractivity contribution is 0.567. The van der Waals surface area contributed by atoms with Crippen molar-refractivity contribution in [3.63, 3.8) is 0 Å². The van der Waals surface area contributed by atoms with E-state index in [2.05, 4.69) is 29.1 Å². The van der Waals surface area contributed by atoms with Crippen LogP contribution < -0.4 is 5.32 Å². The molecule has 0 spiro atoms. The summed E-state index contributed by atoms with van der Waals surface area (Å²) >= 11 is 5.93. The van der Waals surface area contributed by atoms with Crippen LogP contribution in [-0.4, -0.2) is 22.6 Å². The van der Waals surface area contributed by atoms with Gasteiger partial charge in [0.2, 0.25) is 0 Å². The molecule has 0 radical (unpaired) electrons. The molecular weight excluding hydrogens is 234 g/mol. The van der Waals surface area contributed by atoms with Gasteiger partial charge in [-0.05, 0) is 31.2 Å². The van der Waals surface area contributed by atoms with E-state index < -0.39 is 0 Å². The Morgan fingerprint density at radius 3 is 3.00 bits per heavy atom. The summed E-state index contributed by atoms with van der Waals surface area (Å²) in [4.78, 5) is 7.83. The first-order valence-electron chi connectivity index (χ1n) is 6.02. The summed E-state index contributed by atoms with van der Waals surface area (Å²) in [6.07, 6.45) is 2.05. The Morgan fingerprint density at radius 2 is 2.24 bits per heavy atom. The van der Waals surface area contributed by atoms with E-state index in [1.165, 1.54) is 0 Å². The van der Waals surface area contributed by atoms with Crippen LogP contribution in [0.25, 0.3) is 11.0 Å². The Hall–Kier alpha value is -1.06. The van der Waals surface area contributed by atoms with E-state index >= 15 is 0 Å². The monoisotopic (exact) mass is 251 g/mol. The van der Waals surface area contributed by atoms with Crippen molar-refractivity contribution in [1.82, 2.24) is 15.3 Å². The fourth-order valence-corrected chi connectivity index (χ4v) is 1.97. The minimum atomic E-state index is 0.546. The van der Waals surface area contributed by atoms with Crippen LogP contribution in [-0.2, 0) is 6.42 Å². The number of benzene rings is 1. The first-order valence-corrected chi connectivity index (χ1v) is 6.40. The van der Waals surface area contributed by atoms with Gasteiger partial charge in [0.05, 0.1) is 11.0 Å². The topological polar surface area (TPSA) is 40.7 Å². The molecule has 2 aromatic rings. The van der Waals surface area contributed by atoms with Crippen molar-refractivity contribution in [1.29, 1.82) is 0 Å². The molecule has 0 aliphatic rings. The van der Waals surface area contributed by atoms with Gasteiger partial charge in [0, 0.05) is 17.5 Å². The maximum absolute atomic E-state index is 5.93. The molecule has 0 aliphatic carbocycles. The molecule has 0 unspecified atom stereocenters. The van der Waals surface area contributed by atoms with Crippen molar-refractivity contribution in [3.8, 4) is 0 Å². The summed E-state index contributed by atoms with van der Waals surface area (Å²) in [5.41, 5.74) is 2.01. The fraction of sp³-hybridized carbons (Fsp3) is 0.462. The summed E-state index contributed by atoms with van der Waals surface area (Å²) in [6, 6.07) is 6.28. The lowest BCUT2D eigenvalue weighted by Gasteiger charge is -2.06. The Kier molecular flexibility index (Phi) is 4.02. The van der Waals surface area contributed by atoms with E-state index in [1.807, 2.05) is 18.2 Å². The average Bonchev–Trinajstić information content (AvgIpc) is 2.66. The zero-order valence-electron chi connectivity index (χ0n) is 10.3. The number of aromatic amines is 1. The minimum Gasteiger partial charge on any atom is -0.342 e. The Bertz CT molecular complexity index is 490. The van der Waals surface area contributed by atoms with Crippen LogP contribution in [0.5, 0.6) is 0 Å². The predicted octanol–water partition coefficient (Wildman–Crippen LogP) is 3.15. The van der Waals surface area contributed by atoms with E-state index in [9.17, 15) is 0 Å². The van der Waals surface area contributed by atoms with Crippen molar-refractivity contribution in [2.75, 3.05) is 6.54 Å². The number of rotatable bonds is 5. The van der Waals surface area contributed by atoms with Gasteiger partial charge in [0.1, 0.15) is 5.82 Å². The molecule has 3 nitrogen and oxygen atoms in total. The SMILES string of the molecule is CC(C)NCCCc1nc2ccc(Cl)cc2[nH]1. The van der Waals surface area contributed by atoms with Gasteiger partial charge in [0.25, 0.3) is 0 Å². The molecular formula is C13H18ClN3. The summed E-state index contributed by atoms with van der Waals surface area (Å²) in [5, 5.41) is 4.14. The summed E-state index contributed by atoms with van der Waals surface area (Å²) in [6.45, 7) is 5.34. The molecule has 0 saturated heterocycles. The van der Waals surface area contributed by atoms with Crippen LogP contribution in [0.2, 0.25) is 5.02 Å². The fourth-order valence-electron chi connectivity index (χ4n) is 1.80. The number of hydrogen-bond acceptors (Lipinski definition) is 2. The third-order valence-corrected chi connectivity index (χ3v) is 2.87. The molecule has 1 aromatic heterocycles. The number of nitrogens with zero attached hydrogens (tertiary/aromatic N) is 1. The lowest BCUT2D eigenvalue weighted by atomic mass is 10.3. The van der Waals surface area contributed by atoms with Gasteiger partial charge in [-0.2, -0.15) is 0 Å². The predicted molar refractivity (Wildman–Crippen MR) is 72.6 cm³/mol. The number of aryl methyl sites for hydroxylation is 1. The molecule has 2 rings (SSSR count). The summed E-state index contributed by atoms with van der Waals surface area (Å²) < 4.78 is 0. The largest absolute Gasteiger partial charge is 0.342 e. The van der Waals surface area contributed by atoms with Gasteiger partial charge in [0.15, 0.2) is 0 Å². The molecule has 92 valence electrons. The number of fused-ring (bicyclic) bond motifs is 1. The highest BCUT2D eigenvalue weighted by Gasteiger charge is 2.03. The number of aromatic nitrogens is 2. The van der Waals surface area contributed by atoms with Gasteiger partial charge in [-0.15, -0.1) is 0 Å².